The van der Waals surface area contributed by atoms with E-state index in [9.17, 15) is 27.2 Å². The van der Waals surface area contributed by atoms with E-state index in [0.717, 1.165) is 17.0 Å². The molecular weight excluding hydrogens is 294 g/mol. The lowest BCUT2D eigenvalue weighted by molar-refractivity contribution is -0.152. The van der Waals surface area contributed by atoms with Gasteiger partial charge in [-0.1, -0.05) is 12.1 Å². The Morgan fingerprint density at radius 1 is 1.14 bits per heavy atom. The molecule has 1 N–H and O–H groups in total. The molecule has 0 aromatic heterocycles. The van der Waals surface area contributed by atoms with Crippen molar-refractivity contribution >= 4 is 11.9 Å². The zero-order valence-corrected chi connectivity index (χ0v) is 10.9. The molecule has 8 heteroatoms. The molecule has 0 unspecified atom stereocenters. The Kier molecular flexibility index (Phi) is 5.69. The van der Waals surface area contributed by atoms with Crippen LogP contribution in [0.3, 0.4) is 0 Å². The van der Waals surface area contributed by atoms with Crippen molar-refractivity contribution in [3.05, 3.63) is 35.6 Å². The second kappa shape index (κ2) is 7.05. The van der Waals surface area contributed by atoms with Gasteiger partial charge in [0.25, 0.3) is 0 Å². The van der Waals surface area contributed by atoms with Gasteiger partial charge < -0.3 is 10.0 Å². The van der Waals surface area contributed by atoms with Crippen molar-refractivity contribution in [1.29, 1.82) is 0 Å². The first kappa shape index (κ1) is 16.9. The van der Waals surface area contributed by atoms with Gasteiger partial charge in [-0.15, -0.1) is 0 Å². The van der Waals surface area contributed by atoms with Crippen LogP contribution in [-0.4, -0.2) is 34.6 Å². The van der Waals surface area contributed by atoms with Gasteiger partial charge in [0.2, 0.25) is 5.91 Å². The van der Waals surface area contributed by atoms with Gasteiger partial charge in [-0.05, 0) is 17.7 Å². The van der Waals surface area contributed by atoms with E-state index >= 15 is 0 Å². The summed E-state index contributed by atoms with van der Waals surface area (Å²) in [4.78, 5) is 23.2. The third kappa shape index (κ3) is 6.73. The quantitative estimate of drug-likeness (QED) is 0.822. The van der Waals surface area contributed by atoms with Crippen LogP contribution in [-0.2, 0) is 16.1 Å². The first-order chi connectivity index (χ1) is 9.67. The van der Waals surface area contributed by atoms with Gasteiger partial charge in [0.15, 0.2) is 0 Å². The second-order valence-electron chi connectivity index (χ2n) is 4.39. The zero-order chi connectivity index (χ0) is 16.0. The third-order valence-electron chi connectivity index (χ3n) is 2.59. The van der Waals surface area contributed by atoms with E-state index in [1.54, 1.807) is 0 Å². The van der Waals surface area contributed by atoms with Crippen LogP contribution in [0, 0.1) is 5.82 Å². The minimum Gasteiger partial charge on any atom is -0.480 e. The minimum absolute atomic E-state index is 0.191. The maximum absolute atomic E-state index is 12.7. The topological polar surface area (TPSA) is 57.6 Å². The average molecular weight is 307 g/mol. The molecule has 1 aromatic rings. The van der Waals surface area contributed by atoms with Crippen molar-refractivity contribution in [2.24, 2.45) is 0 Å². The number of hydrogen-bond acceptors (Lipinski definition) is 2. The summed E-state index contributed by atoms with van der Waals surface area (Å²) in [5.41, 5.74) is 0.429. The highest BCUT2D eigenvalue weighted by atomic mass is 19.4. The summed E-state index contributed by atoms with van der Waals surface area (Å²) in [6.45, 7) is -0.905. The highest BCUT2D eigenvalue weighted by Crippen LogP contribution is 2.22. The van der Waals surface area contributed by atoms with Gasteiger partial charge in [0.05, 0.1) is 6.42 Å². The highest BCUT2D eigenvalue weighted by molar-refractivity contribution is 5.81. The Hall–Kier alpha value is -2.12. The number of carboxylic acids is 1. The number of benzene rings is 1. The van der Waals surface area contributed by atoms with Crippen LogP contribution >= 0.6 is 0 Å². The maximum Gasteiger partial charge on any atom is 0.389 e. The van der Waals surface area contributed by atoms with Gasteiger partial charge in [-0.3, -0.25) is 9.59 Å². The normalized spacial score (nSPS) is 11.2. The lowest BCUT2D eigenvalue weighted by Crippen LogP contribution is -2.35. The number of rotatable bonds is 6. The fourth-order valence-electron chi connectivity index (χ4n) is 1.61. The van der Waals surface area contributed by atoms with Crippen LogP contribution in [0.2, 0.25) is 0 Å². The number of carbonyl (C=O) groups excluding carboxylic acids is 1. The van der Waals surface area contributed by atoms with Gasteiger partial charge in [0, 0.05) is 13.0 Å². The van der Waals surface area contributed by atoms with E-state index in [1.165, 1.54) is 12.1 Å². The summed E-state index contributed by atoms with van der Waals surface area (Å²) >= 11 is 0. The number of amides is 1. The molecule has 0 spiro atoms. The van der Waals surface area contributed by atoms with E-state index in [4.69, 9.17) is 5.11 Å². The molecule has 0 fully saturated rings. The first-order valence-electron chi connectivity index (χ1n) is 5.98. The number of carbonyl (C=O) groups is 2. The minimum atomic E-state index is -4.49. The van der Waals surface area contributed by atoms with Crippen molar-refractivity contribution in [2.75, 3.05) is 6.54 Å². The standard InChI is InChI=1S/C13H13F4NO3/c14-10-3-1-9(2-4-10)7-18(8-12(20)21)11(19)5-6-13(15,16)17/h1-4H,5-8H2,(H,20,21). The number of halogens is 4. The van der Waals surface area contributed by atoms with Crippen LogP contribution in [0.4, 0.5) is 17.6 Å². The molecule has 1 aromatic carbocycles. The number of alkyl halides is 3. The molecule has 1 amide bonds. The molecular formula is C13H13F4NO3. The van der Waals surface area contributed by atoms with Gasteiger partial charge in [0.1, 0.15) is 12.4 Å². The Balaban J connectivity index is 2.72. The molecule has 0 aliphatic heterocycles. The molecule has 4 nitrogen and oxygen atoms in total. The molecule has 0 aliphatic carbocycles. The van der Waals surface area contributed by atoms with Crippen LogP contribution in [0.5, 0.6) is 0 Å². The van der Waals surface area contributed by atoms with Crippen LogP contribution < -0.4 is 0 Å². The number of nitrogens with zero attached hydrogens (tertiary/aromatic N) is 1. The van der Waals surface area contributed by atoms with Gasteiger partial charge in [-0.2, -0.15) is 13.2 Å². The molecule has 0 saturated heterocycles. The molecule has 116 valence electrons. The predicted octanol–water partition coefficient (Wildman–Crippen LogP) is 2.58. The Morgan fingerprint density at radius 3 is 2.19 bits per heavy atom. The van der Waals surface area contributed by atoms with Gasteiger partial charge >= 0.3 is 12.1 Å². The Labute approximate surface area is 118 Å². The summed E-state index contributed by atoms with van der Waals surface area (Å²) in [6, 6.07) is 4.91. The summed E-state index contributed by atoms with van der Waals surface area (Å²) in [6.07, 6.45) is -6.62. The molecule has 0 heterocycles. The van der Waals surface area contributed by atoms with E-state index in [-0.39, 0.29) is 6.54 Å². The zero-order valence-electron chi connectivity index (χ0n) is 10.9. The predicted molar refractivity (Wildman–Crippen MR) is 64.7 cm³/mol. The summed E-state index contributed by atoms with van der Waals surface area (Å²) in [5, 5.41) is 8.71. The van der Waals surface area contributed by atoms with E-state index in [2.05, 4.69) is 0 Å². The smallest absolute Gasteiger partial charge is 0.389 e. The molecule has 21 heavy (non-hydrogen) atoms. The highest BCUT2D eigenvalue weighted by Gasteiger charge is 2.29. The van der Waals surface area contributed by atoms with E-state index < -0.39 is 43.3 Å². The Bertz CT molecular complexity index is 499. The van der Waals surface area contributed by atoms with Crippen molar-refractivity contribution in [1.82, 2.24) is 4.90 Å². The molecule has 0 aliphatic rings. The number of aliphatic carboxylic acids is 1. The summed E-state index contributed by atoms with van der Waals surface area (Å²) in [7, 11) is 0. The molecule has 1 rings (SSSR count). The monoisotopic (exact) mass is 307 g/mol. The fraction of sp³-hybridized carbons (Fsp3) is 0.385. The average Bonchev–Trinajstić information content (AvgIpc) is 2.36. The van der Waals surface area contributed by atoms with E-state index in [1.807, 2.05) is 0 Å². The SMILES string of the molecule is O=C(O)CN(Cc1ccc(F)cc1)C(=O)CCC(F)(F)F. The van der Waals surface area contributed by atoms with Crippen LogP contribution in [0.15, 0.2) is 24.3 Å². The molecule has 0 radical (unpaired) electrons. The van der Waals surface area contributed by atoms with Crippen molar-refractivity contribution < 1.29 is 32.3 Å². The first-order valence-corrected chi connectivity index (χ1v) is 5.98. The van der Waals surface area contributed by atoms with Crippen LogP contribution in [0.25, 0.3) is 0 Å². The third-order valence-corrected chi connectivity index (χ3v) is 2.59. The number of carboxylic acid groups (broad SMARTS) is 1. The van der Waals surface area contributed by atoms with Crippen molar-refractivity contribution in [3.63, 3.8) is 0 Å². The van der Waals surface area contributed by atoms with E-state index in [0.29, 0.717) is 5.56 Å². The molecule has 0 bridgehead atoms. The van der Waals surface area contributed by atoms with Crippen molar-refractivity contribution in [2.45, 2.75) is 25.6 Å². The van der Waals surface area contributed by atoms with Crippen molar-refractivity contribution in [3.8, 4) is 0 Å². The summed E-state index contributed by atoms with van der Waals surface area (Å²) < 4.78 is 49.0. The second-order valence-corrected chi connectivity index (χ2v) is 4.39. The number of hydrogen-bond donors (Lipinski definition) is 1. The lowest BCUT2D eigenvalue weighted by Gasteiger charge is -2.21. The Morgan fingerprint density at radius 2 is 1.71 bits per heavy atom. The maximum atomic E-state index is 12.7. The summed E-state index contributed by atoms with van der Waals surface area (Å²) in [5.74, 6) is -2.76. The lowest BCUT2D eigenvalue weighted by atomic mass is 10.2. The van der Waals surface area contributed by atoms with Crippen LogP contribution in [0.1, 0.15) is 18.4 Å². The fourth-order valence-corrected chi connectivity index (χ4v) is 1.61. The largest absolute Gasteiger partial charge is 0.480 e. The molecule has 0 saturated carbocycles. The molecule has 0 atom stereocenters. The van der Waals surface area contributed by atoms with Gasteiger partial charge in [-0.25, -0.2) is 4.39 Å².